The second-order valence-corrected chi connectivity index (χ2v) is 6.58. The highest BCUT2D eigenvalue weighted by Gasteiger charge is 2.12. The summed E-state index contributed by atoms with van der Waals surface area (Å²) in [5.74, 6) is 0.350. The van der Waals surface area contributed by atoms with Crippen LogP contribution in [0.1, 0.15) is 91.9 Å². The van der Waals surface area contributed by atoms with Gasteiger partial charge in [0, 0.05) is 26.1 Å². The minimum atomic E-state index is 0.350. The summed E-state index contributed by atoms with van der Waals surface area (Å²) in [5.41, 5.74) is 0. The highest BCUT2D eigenvalue weighted by molar-refractivity contribution is 5.76. The van der Waals surface area contributed by atoms with E-state index in [2.05, 4.69) is 32.6 Å². The van der Waals surface area contributed by atoms with Gasteiger partial charge in [0.15, 0.2) is 0 Å². The molecule has 0 spiro atoms. The van der Waals surface area contributed by atoms with Crippen molar-refractivity contribution < 1.29 is 4.79 Å². The summed E-state index contributed by atoms with van der Waals surface area (Å²) in [4.78, 5) is 16.7. The van der Waals surface area contributed by atoms with Crippen LogP contribution in [-0.4, -0.2) is 48.4 Å². The molecule has 0 atom stereocenters. The molecule has 0 bridgehead atoms. The maximum Gasteiger partial charge on any atom is 0.222 e. The fraction of sp³-hybridized carbons (Fsp3) is 0.950. The van der Waals surface area contributed by atoms with Gasteiger partial charge in [0.25, 0.3) is 0 Å². The number of unbranched alkanes of at least 4 members (excludes halogenated alkanes) is 8. The van der Waals surface area contributed by atoms with Crippen LogP contribution in [0, 0.1) is 0 Å². The topological polar surface area (TPSA) is 23.6 Å². The SMILES string of the molecule is CCCCCCCCCCCC(=O)N(CC)CCN(CC)CC. The summed E-state index contributed by atoms with van der Waals surface area (Å²) in [6, 6.07) is 0. The Balaban J connectivity index is 3.65. The molecule has 0 N–H and O–H groups in total. The van der Waals surface area contributed by atoms with Crippen LogP contribution in [-0.2, 0) is 4.79 Å². The molecular weight excluding hydrogens is 284 g/mol. The quantitative estimate of drug-likeness (QED) is 0.368. The molecule has 3 nitrogen and oxygen atoms in total. The maximum atomic E-state index is 12.3. The van der Waals surface area contributed by atoms with Gasteiger partial charge in [0.2, 0.25) is 5.91 Å². The molecule has 0 unspecified atom stereocenters. The predicted octanol–water partition coefficient (Wildman–Crippen LogP) is 5.10. The van der Waals surface area contributed by atoms with E-state index in [0.717, 1.165) is 45.6 Å². The number of rotatable bonds is 16. The van der Waals surface area contributed by atoms with Crippen LogP contribution in [0.3, 0.4) is 0 Å². The lowest BCUT2D eigenvalue weighted by molar-refractivity contribution is -0.131. The van der Waals surface area contributed by atoms with Crippen LogP contribution in [0.25, 0.3) is 0 Å². The Kier molecular flexibility index (Phi) is 15.9. The van der Waals surface area contributed by atoms with Crippen molar-refractivity contribution in [3.8, 4) is 0 Å². The molecule has 0 aromatic rings. The highest BCUT2D eigenvalue weighted by atomic mass is 16.2. The zero-order chi connectivity index (χ0) is 17.3. The van der Waals surface area contributed by atoms with Gasteiger partial charge in [-0.1, -0.05) is 72.1 Å². The second-order valence-electron chi connectivity index (χ2n) is 6.58. The molecule has 0 saturated carbocycles. The monoisotopic (exact) mass is 326 g/mol. The molecule has 0 aliphatic rings. The van der Waals surface area contributed by atoms with E-state index in [1.807, 2.05) is 4.90 Å². The Morgan fingerprint density at radius 1 is 0.652 bits per heavy atom. The van der Waals surface area contributed by atoms with Gasteiger partial charge in [-0.05, 0) is 26.4 Å². The van der Waals surface area contributed by atoms with E-state index in [9.17, 15) is 4.79 Å². The van der Waals surface area contributed by atoms with Crippen LogP contribution in [0.2, 0.25) is 0 Å². The maximum absolute atomic E-state index is 12.3. The van der Waals surface area contributed by atoms with Crippen LogP contribution in [0.4, 0.5) is 0 Å². The minimum Gasteiger partial charge on any atom is -0.342 e. The smallest absolute Gasteiger partial charge is 0.222 e. The van der Waals surface area contributed by atoms with Crippen LogP contribution in [0.15, 0.2) is 0 Å². The van der Waals surface area contributed by atoms with Gasteiger partial charge in [-0.2, -0.15) is 0 Å². The minimum absolute atomic E-state index is 0.350. The normalized spacial score (nSPS) is 11.2. The van der Waals surface area contributed by atoms with E-state index in [0.29, 0.717) is 5.91 Å². The van der Waals surface area contributed by atoms with Crippen molar-refractivity contribution in [3.05, 3.63) is 0 Å². The molecule has 0 heterocycles. The Labute approximate surface area is 145 Å². The predicted molar refractivity (Wildman–Crippen MR) is 102 cm³/mol. The van der Waals surface area contributed by atoms with Crippen molar-refractivity contribution >= 4 is 5.91 Å². The van der Waals surface area contributed by atoms with Gasteiger partial charge in [0.05, 0.1) is 0 Å². The van der Waals surface area contributed by atoms with E-state index in [1.54, 1.807) is 0 Å². The molecule has 1 amide bonds. The zero-order valence-electron chi connectivity index (χ0n) is 16.4. The summed E-state index contributed by atoms with van der Waals surface area (Å²) >= 11 is 0. The standard InChI is InChI=1S/C20H42N2O/c1-5-9-10-11-12-13-14-15-16-17-20(23)22(8-4)19-18-21(6-2)7-3/h5-19H2,1-4H3. The summed E-state index contributed by atoms with van der Waals surface area (Å²) < 4.78 is 0. The van der Waals surface area contributed by atoms with E-state index in [1.165, 1.54) is 51.4 Å². The Morgan fingerprint density at radius 3 is 1.65 bits per heavy atom. The third-order valence-electron chi connectivity index (χ3n) is 4.81. The van der Waals surface area contributed by atoms with Crippen LogP contribution in [0.5, 0.6) is 0 Å². The lowest BCUT2D eigenvalue weighted by Gasteiger charge is -2.25. The highest BCUT2D eigenvalue weighted by Crippen LogP contribution is 2.11. The third kappa shape index (κ3) is 12.5. The van der Waals surface area contributed by atoms with E-state index in [4.69, 9.17) is 0 Å². The number of hydrogen-bond donors (Lipinski definition) is 0. The van der Waals surface area contributed by atoms with Gasteiger partial charge in [-0.15, -0.1) is 0 Å². The van der Waals surface area contributed by atoms with Crippen molar-refractivity contribution in [2.75, 3.05) is 32.7 Å². The lowest BCUT2D eigenvalue weighted by atomic mass is 10.1. The van der Waals surface area contributed by atoms with E-state index < -0.39 is 0 Å². The number of carbonyl (C=O) groups excluding carboxylic acids is 1. The van der Waals surface area contributed by atoms with E-state index in [-0.39, 0.29) is 0 Å². The van der Waals surface area contributed by atoms with Gasteiger partial charge < -0.3 is 9.80 Å². The fourth-order valence-electron chi connectivity index (χ4n) is 3.01. The molecule has 0 saturated heterocycles. The van der Waals surface area contributed by atoms with Crippen LogP contribution < -0.4 is 0 Å². The summed E-state index contributed by atoms with van der Waals surface area (Å²) in [7, 11) is 0. The molecule has 0 rings (SSSR count). The van der Waals surface area contributed by atoms with Gasteiger partial charge in [-0.3, -0.25) is 4.79 Å². The molecule has 0 aliphatic heterocycles. The summed E-state index contributed by atoms with van der Waals surface area (Å²) in [5, 5.41) is 0. The van der Waals surface area contributed by atoms with Gasteiger partial charge in [0.1, 0.15) is 0 Å². The first-order chi connectivity index (χ1) is 11.2. The number of carbonyl (C=O) groups is 1. The number of likely N-dealkylation sites (N-methyl/N-ethyl adjacent to an activating group) is 2. The molecule has 0 radical (unpaired) electrons. The van der Waals surface area contributed by atoms with E-state index >= 15 is 0 Å². The molecule has 0 aliphatic carbocycles. The average Bonchev–Trinajstić information content (AvgIpc) is 2.57. The first kappa shape index (κ1) is 22.4. The molecule has 3 heteroatoms. The molecule has 0 aromatic carbocycles. The van der Waals surface area contributed by atoms with Crippen molar-refractivity contribution in [3.63, 3.8) is 0 Å². The lowest BCUT2D eigenvalue weighted by Crippen LogP contribution is -2.38. The summed E-state index contributed by atoms with van der Waals surface area (Å²) in [6.45, 7) is 13.6. The Bertz CT molecular complexity index is 264. The molecule has 0 fully saturated rings. The van der Waals surface area contributed by atoms with Crippen molar-refractivity contribution in [1.29, 1.82) is 0 Å². The number of amides is 1. The third-order valence-corrected chi connectivity index (χ3v) is 4.81. The largest absolute Gasteiger partial charge is 0.342 e. The molecule has 23 heavy (non-hydrogen) atoms. The van der Waals surface area contributed by atoms with Gasteiger partial charge >= 0.3 is 0 Å². The fourth-order valence-corrected chi connectivity index (χ4v) is 3.01. The average molecular weight is 327 g/mol. The van der Waals surface area contributed by atoms with Crippen molar-refractivity contribution in [1.82, 2.24) is 9.80 Å². The first-order valence-electron chi connectivity index (χ1n) is 10.2. The first-order valence-corrected chi connectivity index (χ1v) is 10.2. The van der Waals surface area contributed by atoms with Crippen molar-refractivity contribution in [2.24, 2.45) is 0 Å². The Hall–Kier alpha value is -0.570. The van der Waals surface area contributed by atoms with Crippen molar-refractivity contribution in [2.45, 2.75) is 91.9 Å². The van der Waals surface area contributed by atoms with Crippen LogP contribution >= 0.6 is 0 Å². The molecule has 138 valence electrons. The molecular formula is C20H42N2O. The number of nitrogens with zero attached hydrogens (tertiary/aromatic N) is 2. The number of hydrogen-bond acceptors (Lipinski definition) is 2. The molecule has 0 aromatic heterocycles. The van der Waals surface area contributed by atoms with Gasteiger partial charge in [-0.25, -0.2) is 0 Å². The Morgan fingerprint density at radius 2 is 1.17 bits per heavy atom. The summed E-state index contributed by atoms with van der Waals surface area (Å²) in [6.07, 6.45) is 12.5. The zero-order valence-corrected chi connectivity index (χ0v) is 16.4. The second kappa shape index (κ2) is 16.3.